The Morgan fingerprint density at radius 2 is 1.81 bits per heavy atom. The second kappa shape index (κ2) is 11.1. The van der Waals surface area contributed by atoms with Crippen molar-refractivity contribution in [3.05, 3.63) is 75.8 Å². The monoisotopic (exact) mass is 504 g/mol. The van der Waals surface area contributed by atoms with Gasteiger partial charge in [0.25, 0.3) is 5.56 Å². The molecule has 2 aromatic carbocycles. The lowest BCUT2D eigenvalue weighted by Gasteiger charge is -2.32. The van der Waals surface area contributed by atoms with Gasteiger partial charge in [0, 0.05) is 35.1 Å². The second-order valence-electron chi connectivity index (χ2n) is 10.1. The van der Waals surface area contributed by atoms with Gasteiger partial charge in [-0.25, -0.2) is 4.68 Å². The van der Waals surface area contributed by atoms with E-state index in [2.05, 4.69) is 53.1 Å². The van der Waals surface area contributed by atoms with Crippen molar-refractivity contribution in [3.8, 4) is 11.5 Å². The van der Waals surface area contributed by atoms with Crippen LogP contribution in [0, 0.1) is 0 Å². The molecular formula is C28H36N6O3. The fraction of sp³-hybridized carbons (Fsp3) is 0.429. The molecule has 196 valence electrons. The molecule has 0 amide bonds. The van der Waals surface area contributed by atoms with E-state index in [0.29, 0.717) is 25.3 Å². The zero-order valence-corrected chi connectivity index (χ0v) is 22.5. The molecule has 4 rings (SSSR count). The number of tetrazole rings is 1. The molecule has 9 heteroatoms. The molecule has 0 aliphatic heterocycles. The topological polar surface area (TPSA) is 98.2 Å². The highest BCUT2D eigenvalue weighted by Gasteiger charge is 2.30. The molecule has 0 spiro atoms. The molecular weight excluding hydrogens is 468 g/mol. The highest BCUT2D eigenvalue weighted by atomic mass is 16.5. The second-order valence-corrected chi connectivity index (χ2v) is 10.1. The third-order valence-corrected chi connectivity index (χ3v) is 6.40. The number of pyridine rings is 1. The Hall–Kier alpha value is -3.72. The smallest absolute Gasteiger partial charge is 0.252 e. The third kappa shape index (κ3) is 5.83. The summed E-state index contributed by atoms with van der Waals surface area (Å²) in [4.78, 5) is 18.5. The molecule has 1 atom stereocenters. The molecule has 37 heavy (non-hydrogen) atoms. The van der Waals surface area contributed by atoms with Crippen LogP contribution in [0.1, 0.15) is 64.0 Å². The molecule has 0 saturated carbocycles. The summed E-state index contributed by atoms with van der Waals surface area (Å²) in [6, 6.07) is 15.5. The molecule has 0 bridgehead atoms. The van der Waals surface area contributed by atoms with Crippen molar-refractivity contribution in [1.82, 2.24) is 30.1 Å². The molecule has 0 saturated heterocycles. The SMILES string of the molecule is CCOc1ccc2[nH]c(=O)c(CN(Cc3ccccc3OC)C(CC)c3nnnn3C(C)(C)C)cc2c1. The standard InChI is InChI=1S/C28H36N6O3/c1-7-24(26-30-31-32-34(26)28(3,4)5)33(17-19-11-9-10-12-25(19)36-6)18-21-15-20-16-22(37-8-2)13-14-23(20)29-27(21)35/h9-16,24H,7-8,17-18H2,1-6H3,(H,29,35). The van der Waals surface area contributed by atoms with Gasteiger partial charge in [0.1, 0.15) is 11.5 Å². The minimum absolute atomic E-state index is 0.119. The van der Waals surface area contributed by atoms with E-state index in [1.807, 2.05) is 60.1 Å². The Labute approximate surface area is 217 Å². The number of hydrogen-bond acceptors (Lipinski definition) is 7. The number of fused-ring (bicyclic) bond motifs is 1. The van der Waals surface area contributed by atoms with E-state index >= 15 is 0 Å². The van der Waals surface area contributed by atoms with Gasteiger partial charge in [-0.2, -0.15) is 0 Å². The number of methoxy groups -OCH3 is 1. The van der Waals surface area contributed by atoms with Gasteiger partial charge in [0.15, 0.2) is 5.82 Å². The van der Waals surface area contributed by atoms with Gasteiger partial charge in [0.2, 0.25) is 0 Å². The molecule has 0 aliphatic rings. The van der Waals surface area contributed by atoms with Gasteiger partial charge in [-0.05, 0) is 74.9 Å². The van der Waals surface area contributed by atoms with Gasteiger partial charge >= 0.3 is 0 Å². The van der Waals surface area contributed by atoms with E-state index in [-0.39, 0.29) is 17.1 Å². The summed E-state index contributed by atoms with van der Waals surface area (Å²) in [7, 11) is 1.67. The molecule has 4 aromatic rings. The van der Waals surface area contributed by atoms with E-state index in [1.54, 1.807) is 7.11 Å². The summed E-state index contributed by atoms with van der Waals surface area (Å²) in [6.07, 6.45) is 0.756. The molecule has 0 aliphatic carbocycles. The zero-order valence-electron chi connectivity index (χ0n) is 22.5. The maximum atomic E-state index is 13.2. The van der Waals surface area contributed by atoms with Crippen LogP contribution in [0.25, 0.3) is 10.9 Å². The third-order valence-electron chi connectivity index (χ3n) is 6.40. The quantitative estimate of drug-likeness (QED) is 0.330. The average molecular weight is 505 g/mol. The number of nitrogens with zero attached hydrogens (tertiary/aromatic N) is 5. The van der Waals surface area contributed by atoms with Crippen molar-refractivity contribution in [2.45, 2.75) is 65.7 Å². The van der Waals surface area contributed by atoms with Gasteiger partial charge in [-0.1, -0.05) is 25.1 Å². The summed E-state index contributed by atoms with van der Waals surface area (Å²) in [5.41, 5.74) is 2.04. The number of nitrogens with one attached hydrogen (secondary N) is 1. The Kier molecular flexibility index (Phi) is 7.92. The largest absolute Gasteiger partial charge is 0.496 e. The van der Waals surface area contributed by atoms with E-state index in [4.69, 9.17) is 9.47 Å². The van der Waals surface area contributed by atoms with Crippen LogP contribution in [0.5, 0.6) is 11.5 Å². The highest BCUT2D eigenvalue weighted by Crippen LogP contribution is 2.31. The van der Waals surface area contributed by atoms with E-state index in [9.17, 15) is 4.79 Å². The Morgan fingerprint density at radius 3 is 2.51 bits per heavy atom. The normalized spacial score (nSPS) is 12.7. The van der Waals surface area contributed by atoms with Gasteiger partial charge in [0.05, 0.1) is 25.3 Å². The minimum Gasteiger partial charge on any atom is -0.496 e. The van der Waals surface area contributed by atoms with Crippen LogP contribution < -0.4 is 15.0 Å². The molecule has 0 fully saturated rings. The number of ether oxygens (including phenoxy) is 2. The summed E-state index contributed by atoms with van der Waals surface area (Å²) < 4.78 is 13.2. The van der Waals surface area contributed by atoms with E-state index in [0.717, 1.165) is 40.2 Å². The summed E-state index contributed by atoms with van der Waals surface area (Å²) >= 11 is 0. The Bertz CT molecular complexity index is 1410. The first-order valence-electron chi connectivity index (χ1n) is 12.7. The first-order valence-corrected chi connectivity index (χ1v) is 12.7. The minimum atomic E-state index is -0.293. The summed E-state index contributed by atoms with van der Waals surface area (Å²) in [5.74, 6) is 2.34. The predicted octanol–water partition coefficient (Wildman–Crippen LogP) is 4.83. The van der Waals surface area contributed by atoms with Crippen molar-refractivity contribution in [2.75, 3.05) is 13.7 Å². The van der Waals surface area contributed by atoms with Crippen molar-refractivity contribution in [2.24, 2.45) is 0 Å². The van der Waals surface area contributed by atoms with Crippen molar-refractivity contribution >= 4 is 10.9 Å². The molecule has 0 radical (unpaired) electrons. The van der Waals surface area contributed by atoms with Gasteiger partial charge in [-0.15, -0.1) is 5.10 Å². The van der Waals surface area contributed by atoms with Crippen LogP contribution in [0.15, 0.2) is 53.3 Å². The van der Waals surface area contributed by atoms with E-state index in [1.165, 1.54) is 0 Å². The number of H-pyrrole nitrogens is 1. The Balaban J connectivity index is 1.79. The molecule has 2 aromatic heterocycles. The number of para-hydroxylation sites is 1. The predicted molar refractivity (Wildman–Crippen MR) is 144 cm³/mol. The lowest BCUT2D eigenvalue weighted by molar-refractivity contribution is 0.152. The lowest BCUT2D eigenvalue weighted by Crippen LogP contribution is -2.35. The van der Waals surface area contributed by atoms with Gasteiger partial charge < -0.3 is 14.5 Å². The summed E-state index contributed by atoms with van der Waals surface area (Å²) in [6.45, 7) is 11.8. The number of benzene rings is 2. The molecule has 1 N–H and O–H groups in total. The van der Waals surface area contributed by atoms with Gasteiger partial charge in [-0.3, -0.25) is 9.69 Å². The molecule has 9 nitrogen and oxygen atoms in total. The molecule has 1 unspecified atom stereocenters. The number of rotatable bonds is 10. The summed E-state index contributed by atoms with van der Waals surface area (Å²) in [5, 5.41) is 13.7. The first kappa shape index (κ1) is 26.3. The maximum Gasteiger partial charge on any atom is 0.252 e. The van der Waals surface area contributed by atoms with Crippen LogP contribution in [-0.2, 0) is 18.6 Å². The number of aromatic amines is 1. The molecule has 2 heterocycles. The number of hydrogen-bond donors (Lipinski definition) is 1. The Morgan fingerprint density at radius 1 is 1.05 bits per heavy atom. The lowest BCUT2D eigenvalue weighted by atomic mass is 10.0. The van der Waals surface area contributed by atoms with E-state index < -0.39 is 0 Å². The van der Waals surface area contributed by atoms with Crippen LogP contribution in [0.4, 0.5) is 0 Å². The maximum absolute atomic E-state index is 13.2. The zero-order chi connectivity index (χ0) is 26.6. The highest BCUT2D eigenvalue weighted by molar-refractivity contribution is 5.80. The van der Waals surface area contributed by atoms with Crippen LogP contribution >= 0.6 is 0 Å². The van der Waals surface area contributed by atoms with Crippen LogP contribution in [0.3, 0.4) is 0 Å². The first-order chi connectivity index (χ1) is 17.7. The van der Waals surface area contributed by atoms with Crippen LogP contribution in [0.2, 0.25) is 0 Å². The van der Waals surface area contributed by atoms with Crippen molar-refractivity contribution < 1.29 is 9.47 Å². The average Bonchev–Trinajstić information content (AvgIpc) is 3.36. The fourth-order valence-corrected chi connectivity index (χ4v) is 4.63. The fourth-order valence-electron chi connectivity index (χ4n) is 4.63. The van der Waals surface area contributed by atoms with Crippen LogP contribution in [-0.4, -0.2) is 43.8 Å². The van der Waals surface area contributed by atoms with Crippen molar-refractivity contribution in [3.63, 3.8) is 0 Å². The number of aromatic nitrogens is 5. The van der Waals surface area contributed by atoms with Crippen molar-refractivity contribution in [1.29, 1.82) is 0 Å².